The number of hydrogen-bond donors (Lipinski definition) is 12. The van der Waals surface area contributed by atoms with Crippen LogP contribution in [0.1, 0.15) is 284 Å². The number of carbonyl (C=O) groups excluding carboxylic acids is 1. The maximum absolute atomic E-state index is 13.5. The van der Waals surface area contributed by atoms with E-state index in [4.69, 9.17) is 28.4 Å². The first-order valence-electron chi connectivity index (χ1n) is 40.0. The number of rotatable bonds is 62. The largest absolute Gasteiger partial charge is 0.394 e. The van der Waals surface area contributed by atoms with E-state index in [1.807, 2.05) is 0 Å². The summed E-state index contributed by atoms with van der Waals surface area (Å²) in [4.78, 5) is 13.5. The zero-order chi connectivity index (χ0) is 73.2. The smallest absolute Gasteiger partial charge is 0.220 e. The van der Waals surface area contributed by atoms with Gasteiger partial charge in [-0.05, 0) is 77.0 Å². The van der Waals surface area contributed by atoms with E-state index in [1.165, 1.54) is 135 Å². The van der Waals surface area contributed by atoms with Crippen LogP contribution in [0.15, 0.2) is 97.2 Å². The van der Waals surface area contributed by atoms with Crippen LogP contribution in [0.5, 0.6) is 0 Å². The number of aliphatic hydroxyl groups is 11. The zero-order valence-electron chi connectivity index (χ0n) is 62.4. The van der Waals surface area contributed by atoms with Crippen molar-refractivity contribution >= 4 is 5.91 Å². The van der Waals surface area contributed by atoms with E-state index >= 15 is 0 Å². The normalized spacial score (nSPS) is 26.8. The fraction of sp³-hybridized carbons (Fsp3) is 0.793. The monoisotopic (exact) mass is 1430 g/mol. The van der Waals surface area contributed by atoms with Crippen LogP contribution in [0.3, 0.4) is 0 Å². The second-order valence-electron chi connectivity index (χ2n) is 28.2. The van der Waals surface area contributed by atoms with E-state index in [2.05, 4.69) is 116 Å². The van der Waals surface area contributed by atoms with E-state index < -0.39 is 124 Å². The first-order chi connectivity index (χ1) is 49.3. The number of nitrogens with one attached hydrogen (secondary N) is 1. The molecule has 3 aliphatic heterocycles. The lowest BCUT2D eigenvalue weighted by molar-refractivity contribution is -0.379. The fourth-order valence-corrected chi connectivity index (χ4v) is 13.0. The Kier molecular flexibility index (Phi) is 56.3. The van der Waals surface area contributed by atoms with Crippen molar-refractivity contribution in [1.82, 2.24) is 5.32 Å². The van der Waals surface area contributed by atoms with Gasteiger partial charge >= 0.3 is 0 Å². The molecule has 584 valence electrons. The molecular formula is C82H143NO18. The van der Waals surface area contributed by atoms with E-state index in [1.54, 1.807) is 0 Å². The fourth-order valence-electron chi connectivity index (χ4n) is 13.0. The summed E-state index contributed by atoms with van der Waals surface area (Å²) in [7, 11) is 0. The number of allylic oxidation sites excluding steroid dienone is 16. The van der Waals surface area contributed by atoms with Crippen LogP contribution in [0.25, 0.3) is 0 Å². The first kappa shape index (κ1) is 91.9. The highest BCUT2D eigenvalue weighted by Crippen LogP contribution is 2.33. The Morgan fingerprint density at radius 3 is 1.07 bits per heavy atom. The molecule has 12 N–H and O–H groups in total. The molecule has 17 unspecified atom stereocenters. The molecule has 3 fully saturated rings. The van der Waals surface area contributed by atoms with Crippen molar-refractivity contribution < 1.29 is 89.4 Å². The molecule has 19 heteroatoms. The Labute approximate surface area is 609 Å². The van der Waals surface area contributed by atoms with E-state index in [9.17, 15) is 61.0 Å². The van der Waals surface area contributed by atoms with Crippen LogP contribution in [0.2, 0.25) is 0 Å². The molecular weight excluding hydrogens is 1290 g/mol. The van der Waals surface area contributed by atoms with Gasteiger partial charge in [0.25, 0.3) is 0 Å². The number of amides is 1. The quantitative estimate of drug-likeness (QED) is 0.0199. The van der Waals surface area contributed by atoms with Gasteiger partial charge < -0.3 is 89.9 Å². The standard InChI is InChI=1S/C82H143NO18/c1-3-5-7-9-11-13-15-17-19-21-23-25-27-28-29-30-31-32-33-34-35-36-38-40-42-44-46-48-50-52-54-56-58-60-70(88)83-65(66(87)59-57-55-53-51-49-47-45-43-41-39-37-26-24-22-20-18-16-14-12-10-8-6-4-2)64-96-80-76(94)73(91)78(68(62-85)98-80)101-82-77(95)74(92)79(69(63-86)99-82)100-81-75(93)72(90)71(89)67(61-84)97-81/h5,7,11,13,17,19,23,25,28-29,31-32,34-35,38,40,65-69,71-82,84-87,89-95H,3-4,6,8-10,12,14-16,18,20-22,24,26-27,30,33,36-37,39,41-64H2,1-2H3,(H,83,88)/b7-5-,13-11-,19-17-,25-23-,29-28-,32-31-,35-34-,40-38-. The lowest BCUT2D eigenvalue weighted by Gasteiger charge is -2.48. The van der Waals surface area contributed by atoms with Crippen LogP contribution in [-0.2, 0) is 33.2 Å². The Bertz CT molecular complexity index is 2200. The highest BCUT2D eigenvalue weighted by molar-refractivity contribution is 5.76. The van der Waals surface area contributed by atoms with Crippen molar-refractivity contribution in [3.63, 3.8) is 0 Å². The molecule has 0 aromatic heterocycles. The Morgan fingerprint density at radius 1 is 0.366 bits per heavy atom. The summed E-state index contributed by atoms with van der Waals surface area (Å²) in [6.07, 6.45) is 56.2. The Hall–Kier alpha value is -3.29. The molecule has 3 heterocycles. The van der Waals surface area contributed by atoms with Gasteiger partial charge in [0.15, 0.2) is 18.9 Å². The predicted molar refractivity (Wildman–Crippen MR) is 401 cm³/mol. The Morgan fingerprint density at radius 2 is 0.683 bits per heavy atom. The number of aliphatic hydroxyl groups excluding tert-OH is 11. The van der Waals surface area contributed by atoms with E-state index in [0.717, 1.165) is 116 Å². The third-order valence-corrected chi connectivity index (χ3v) is 19.4. The summed E-state index contributed by atoms with van der Waals surface area (Å²) in [5.74, 6) is -0.252. The van der Waals surface area contributed by atoms with Crippen LogP contribution in [0, 0.1) is 0 Å². The van der Waals surface area contributed by atoms with E-state index in [0.29, 0.717) is 12.8 Å². The molecule has 0 radical (unpaired) electrons. The van der Waals surface area contributed by atoms with Crippen LogP contribution < -0.4 is 5.32 Å². The Balaban J connectivity index is 1.38. The van der Waals surface area contributed by atoms with Crippen molar-refractivity contribution in [3.8, 4) is 0 Å². The number of hydrogen-bond acceptors (Lipinski definition) is 18. The highest BCUT2D eigenvalue weighted by Gasteiger charge is 2.54. The zero-order valence-corrected chi connectivity index (χ0v) is 62.4. The molecule has 3 aliphatic rings. The summed E-state index contributed by atoms with van der Waals surface area (Å²) < 4.78 is 34.5. The summed E-state index contributed by atoms with van der Waals surface area (Å²) in [5, 5.41) is 121. The summed E-state index contributed by atoms with van der Waals surface area (Å²) in [6.45, 7) is 1.70. The van der Waals surface area contributed by atoms with Gasteiger partial charge in [0.05, 0.1) is 38.6 Å². The average Bonchev–Trinajstić information content (AvgIpc) is 0.783. The second-order valence-corrected chi connectivity index (χ2v) is 28.2. The van der Waals surface area contributed by atoms with Gasteiger partial charge in [0, 0.05) is 6.42 Å². The molecule has 0 spiro atoms. The number of unbranched alkanes of at least 4 members (excludes halogenated alkanes) is 30. The van der Waals surface area contributed by atoms with Crippen molar-refractivity contribution in [2.45, 2.75) is 388 Å². The molecule has 0 aromatic rings. The van der Waals surface area contributed by atoms with Crippen LogP contribution in [0.4, 0.5) is 0 Å². The lowest BCUT2D eigenvalue weighted by atomic mass is 9.96. The molecule has 0 aromatic carbocycles. The molecule has 17 atom stereocenters. The number of carbonyl (C=O) groups is 1. The molecule has 0 bridgehead atoms. The minimum atomic E-state index is -1.98. The van der Waals surface area contributed by atoms with Crippen molar-refractivity contribution in [2.75, 3.05) is 26.4 Å². The number of ether oxygens (including phenoxy) is 6. The van der Waals surface area contributed by atoms with Gasteiger partial charge in [-0.15, -0.1) is 0 Å². The molecule has 1 amide bonds. The minimum Gasteiger partial charge on any atom is -0.394 e. The van der Waals surface area contributed by atoms with Crippen LogP contribution >= 0.6 is 0 Å². The lowest BCUT2D eigenvalue weighted by Crippen LogP contribution is -2.66. The van der Waals surface area contributed by atoms with Crippen molar-refractivity contribution in [2.24, 2.45) is 0 Å². The van der Waals surface area contributed by atoms with E-state index in [-0.39, 0.29) is 18.9 Å². The van der Waals surface area contributed by atoms with Gasteiger partial charge in [0.1, 0.15) is 73.2 Å². The second kappa shape index (κ2) is 61.8. The van der Waals surface area contributed by atoms with Gasteiger partial charge in [-0.25, -0.2) is 0 Å². The topological polar surface area (TPSA) is 307 Å². The minimum absolute atomic E-state index is 0.251. The molecule has 3 saturated heterocycles. The first-order valence-corrected chi connectivity index (χ1v) is 40.0. The van der Waals surface area contributed by atoms with Gasteiger partial charge in [0.2, 0.25) is 5.91 Å². The average molecular weight is 1430 g/mol. The maximum atomic E-state index is 13.5. The molecule has 3 rings (SSSR count). The summed E-state index contributed by atoms with van der Waals surface area (Å²) in [5.41, 5.74) is 0. The van der Waals surface area contributed by atoms with Gasteiger partial charge in [-0.1, -0.05) is 297 Å². The molecule has 101 heavy (non-hydrogen) atoms. The third-order valence-electron chi connectivity index (χ3n) is 19.4. The summed E-state index contributed by atoms with van der Waals surface area (Å²) in [6, 6.07) is -0.900. The molecule has 0 aliphatic carbocycles. The summed E-state index contributed by atoms with van der Waals surface area (Å²) >= 11 is 0. The highest BCUT2D eigenvalue weighted by atomic mass is 16.8. The molecule has 19 nitrogen and oxygen atoms in total. The van der Waals surface area contributed by atoms with Crippen molar-refractivity contribution in [3.05, 3.63) is 97.2 Å². The van der Waals surface area contributed by atoms with Crippen molar-refractivity contribution in [1.29, 1.82) is 0 Å². The molecule has 0 saturated carbocycles. The predicted octanol–water partition coefficient (Wildman–Crippen LogP) is 13.2. The van der Waals surface area contributed by atoms with Gasteiger partial charge in [-0.3, -0.25) is 4.79 Å². The SMILES string of the molecule is CC/C=C\C/C=C\C/C=C\C/C=C\C/C=C\C/C=C\C/C=C\C/C=C\CCCCCCCCCCC(=O)NC(COC1OC(CO)C(OC2OC(CO)C(OC3OC(CO)C(O)C(O)C3O)C(O)C2O)C(O)C1O)C(O)CCCCCCCCCCCCCCCCCCCCCCCCC. The van der Waals surface area contributed by atoms with Gasteiger partial charge in [-0.2, -0.15) is 0 Å². The maximum Gasteiger partial charge on any atom is 0.220 e. The third kappa shape index (κ3) is 42.0. The van der Waals surface area contributed by atoms with Crippen LogP contribution in [-0.4, -0.2) is 193 Å².